The second-order valence-electron chi connectivity index (χ2n) is 6.14. The van der Waals surface area contributed by atoms with Gasteiger partial charge in [-0.1, -0.05) is 17.8 Å². The van der Waals surface area contributed by atoms with Crippen LogP contribution >= 0.6 is 11.8 Å². The third-order valence-electron chi connectivity index (χ3n) is 2.49. The molecule has 0 atom stereocenters. The van der Waals surface area contributed by atoms with Gasteiger partial charge in [0, 0.05) is 64.3 Å². The number of hydrogen-bond acceptors (Lipinski definition) is 8. The van der Waals surface area contributed by atoms with E-state index in [1.165, 1.54) is 50.9 Å². The monoisotopic (exact) mass is 530 g/mol. The molecule has 1 aromatic carbocycles. The van der Waals surface area contributed by atoms with Crippen LogP contribution in [0.3, 0.4) is 0 Å². The smallest absolute Gasteiger partial charge is 0.339 e. The fourth-order valence-electron chi connectivity index (χ4n) is 1.03. The molecular formula is C19H32N6NiO6S. The molecule has 0 unspecified atom stereocenters. The van der Waals surface area contributed by atoms with Crippen LogP contribution in [0.2, 0.25) is 0 Å². The van der Waals surface area contributed by atoms with Gasteiger partial charge in [-0.05, 0) is 18.4 Å². The van der Waals surface area contributed by atoms with Crippen molar-refractivity contribution in [1.29, 1.82) is 0 Å². The minimum absolute atomic E-state index is 0. The van der Waals surface area contributed by atoms with Crippen LogP contribution in [0.1, 0.15) is 15.9 Å². The molecule has 3 amide bonds. The van der Waals surface area contributed by atoms with Gasteiger partial charge in [0.05, 0.1) is 6.21 Å². The summed E-state index contributed by atoms with van der Waals surface area (Å²) in [5.74, 6) is -1.55. The maximum atomic E-state index is 10.7. The molecule has 1 aromatic rings. The second-order valence-corrected chi connectivity index (χ2v) is 6.97. The van der Waals surface area contributed by atoms with Crippen LogP contribution in [0.5, 0.6) is 5.75 Å². The Hall–Kier alpha value is -3.12. The molecule has 1 rings (SSSR count). The van der Waals surface area contributed by atoms with Gasteiger partial charge in [0.2, 0.25) is 19.2 Å². The number of aromatic carboxylic acids is 1. The molecule has 0 aliphatic carbocycles. The Balaban J connectivity index is -0.000000216. The molecule has 190 valence electrons. The Labute approximate surface area is 208 Å². The number of aromatic hydroxyl groups is 1. The number of carbonyl (C=O) groups is 4. The predicted molar refractivity (Wildman–Crippen MR) is 127 cm³/mol. The van der Waals surface area contributed by atoms with Crippen molar-refractivity contribution in [3.05, 3.63) is 29.3 Å². The number of amidine groups is 1. The van der Waals surface area contributed by atoms with Crippen molar-refractivity contribution in [3.63, 3.8) is 0 Å². The number of benzene rings is 1. The van der Waals surface area contributed by atoms with E-state index in [1.807, 2.05) is 0 Å². The van der Waals surface area contributed by atoms with Gasteiger partial charge in [-0.25, -0.2) is 4.79 Å². The van der Waals surface area contributed by atoms with E-state index >= 15 is 0 Å². The summed E-state index contributed by atoms with van der Waals surface area (Å²) in [4.78, 5) is 43.4. The molecule has 0 saturated carbocycles. The number of phenols is 1. The fraction of sp³-hybridized carbons (Fsp3) is 0.368. The second kappa shape index (κ2) is 23.5. The Morgan fingerprint density at radius 2 is 1.36 bits per heavy atom. The maximum Gasteiger partial charge on any atom is 0.339 e. The SMILES string of the molecule is CN(C)C=O.CN(C)C=O.CN(C)C=O.CSC(N)=NN=Cc1cccc(C(=O)O)c1O.[Ni]. The van der Waals surface area contributed by atoms with Crippen molar-refractivity contribution in [2.75, 3.05) is 48.5 Å². The van der Waals surface area contributed by atoms with Gasteiger partial charge >= 0.3 is 5.97 Å². The molecule has 0 aromatic heterocycles. The average molecular weight is 531 g/mol. The number of hydrogen-bond donors (Lipinski definition) is 3. The molecule has 0 saturated heterocycles. The van der Waals surface area contributed by atoms with Gasteiger partial charge in [0.1, 0.15) is 11.3 Å². The number of carboxylic acid groups (broad SMARTS) is 1. The van der Waals surface area contributed by atoms with E-state index in [1.54, 1.807) is 48.5 Å². The zero-order valence-electron chi connectivity index (χ0n) is 19.6. The first-order valence-corrected chi connectivity index (χ1v) is 9.91. The van der Waals surface area contributed by atoms with Crippen molar-refractivity contribution in [1.82, 2.24) is 14.7 Å². The van der Waals surface area contributed by atoms with Crippen LogP contribution in [0, 0.1) is 0 Å². The molecule has 33 heavy (non-hydrogen) atoms. The standard InChI is InChI=1S/C10H11N3O3S.3C3H7NO.Ni/c1-17-10(11)13-12-5-6-3-2-4-7(8(6)14)9(15)16;3*1-4(2)3-5;/h2-5,14H,1H3,(H2,11,13)(H,15,16);3*3H,1-2H3;. The summed E-state index contributed by atoms with van der Waals surface area (Å²) in [6.07, 6.45) is 5.24. The Kier molecular flexibility index (Phi) is 26.5. The summed E-state index contributed by atoms with van der Waals surface area (Å²) >= 11 is 1.23. The van der Waals surface area contributed by atoms with Gasteiger partial charge in [-0.2, -0.15) is 5.10 Å². The van der Waals surface area contributed by atoms with Crippen LogP contribution in [-0.4, -0.2) is 110 Å². The van der Waals surface area contributed by atoms with Gasteiger partial charge in [-0.15, -0.1) is 5.10 Å². The quantitative estimate of drug-likeness (QED) is 0.154. The van der Waals surface area contributed by atoms with Crippen molar-refractivity contribution in [2.24, 2.45) is 15.9 Å². The Bertz CT molecular complexity index is 732. The van der Waals surface area contributed by atoms with E-state index in [0.717, 1.165) is 19.2 Å². The minimum Gasteiger partial charge on any atom is -0.506 e. The largest absolute Gasteiger partial charge is 0.506 e. The zero-order valence-corrected chi connectivity index (χ0v) is 21.4. The van der Waals surface area contributed by atoms with Crippen LogP contribution in [0.25, 0.3) is 0 Å². The molecule has 14 heteroatoms. The van der Waals surface area contributed by atoms with Crippen molar-refractivity contribution < 1.29 is 45.9 Å². The first-order chi connectivity index (χ1) is 14.9. The average Bonchev–Trinajstić information content (AvgIpc) is 2.75. The number of thioether (sulfide) groups is 1. The molecule has 0 bridgehead atoms. The van der Waals surface area contributed by atoms with Gasteiger partial charge in [-0.3, -0.25) is 14.4 Å². The number of nitrogens with zero attached hydrogens (tertiary/aromatic N) is 5. The summed E-state index contributed by atoms with van der Waals surface area (Å²) in [5.41, 5.74) is 5.48. The number of carboxylic acids is 1. The van der Waals surface area contributed by atoms with Crippen LogP contribution in [0.15, 0.2) is 28.4 Å². The van der Waals surface area contributed by atoms with Gasteiger partial charge in [0.15, 0.2) is 5.17 Å². The van der Waals surface area contributed by atoms with Crippen molar-refractivity contribution in [2.45, 2.75) is 0 Å². The summed E-state index contributed by atoms with van der Waals surface area (Å²) in [6.45, 7) is 0. The van der Waals surface area contributed by atoms with Crippen LogP contribution in [0.4, 0.5) is 0 Å². The van der Waals surface area contributed by atoms with E-state index in [0.29, 0.717) is 0 Å². The molecule has 12 nitrogen and oxygen atoms in total. The summed E-state index contributed by atoms with van der Waals surface area (Å²) in [7, 11) is 10.1. The first-order valence-electron chi connectivity index (χ1n) is 8.68. The summed E-state index contributed by atoms with van der Waals surface area (Å²) < 4.78 is 0. The summed E-state index contributed by atoms with van der Waals surface area (Å²) in [5, 5.41) is 25.9. The van der Waals surface area contributed by atoms with E-state index in [9.17, 15) is 24.3 Å². The van der Waals surface area contributed by atoms with E-state index in [-0.39, 0.29) is 38.5 Å². The normalized spacial score (nSPS) is 9.24. The number of nitrogens with two attached hydrogens (primary N) is 1. The topological polar surface area (TPSA) is 169 Å². The van der Waals surface area contributed by atoms with Crippen molar-refractivity contribution >= 4 is 48.3 Å². The number of rotatable bonds is 6. The molecule has 0 spiro atoms. The molecule has 0 fully saturated rings. The molecular weight excluding hydrogens is 499 g/mol. The Morgan fingerprint density at radius 1 is 0.970 bits per heavy atom. The predicted octanol–water partition coefficient (Wildman–Crippen LogP) is 0.213. The minimum atomic E-state index is -1.20. The van der Waals surface area contributed by atoms with Crippen LogP contribution in [-0.2, 0) is 30.9 Å². The van der Waals surface area contributed by atoms with Crippen LogP contribution < -0.4 is 5.73 Å². The molecule has 0 aliphatic heterocycles. The molecule has 0 heterocycles. The maximum absolute atomic E-state index is 10.7. The molecule has 0 radical (unpaired) electrons. The third kappa shape index (κ3) is 25.0. The van der Waals surface area contributed by atoms with E-state index in [4.69, 9.17) is 10.8 Å². The molecule has 4 N–H and O–H groups in total. The van der Waals surface area contributed by atoms with Crippen molar-refractivity contribution in [3.8, 4) is 5.75 Å². The number of para-hydroxylation sites is 1. The van der Waals surface area contributed by atoms with E-state index in [2.05, 4.69) is 10.2 Å². The van der Waals surface area contributed by atoms with E-state index < -0.39 is 5.97 Å². The van der Waals surface area contributed by atoms with Gasteiger partial charge < -0.3 is 30.6 Å². The zero-order chi connectivity index (χ0) is 25.7. The Morgan fingerprint density at radius 3 is 1.67 bits per heavy atom. The number of carbonyl (C=O) groups excluding carboxylic acids is 3. The summed E-state index contributed by atoms with van der Waals surface area (Å²) in [6, 6.07) is 4.33. The fourth-order valence-corrected chi connectivity index (χ4v) is 1.16. The number of amides is 3. The van der Waals surface area contributed by atoms with Gasteiger partial charge in [0.25, 0.3) is 0 Å². The third-order valence-corrected chi connectivity index (χ3v) is 2.99. The first kappa shape index (κ1) is 37.2. The molecule has 0 aliphatic rings.